The Labute approximate surface area is 96.5 Å². The van der Waals surface area contributed by atoms with Crippen LogP contribution in [0.2, 0.25) is 0 Å². The molecule has 0 aliphatic carbocycles. The molecule has 4 nitrogen and oxygen atoms in total. The Morgan fingerprint density at radius 3 is 2.81 bits per heavy atom. The average Bonchev–Trinajstić information content (AvgIpc) is 2.28. The minimum absolute atomic E-state index is 0.535. The number of hydrogen-bond donors (Lipinski definition) is 1. The van der Waals surface area contributed by atoms with Crippen LogP contribution in [-0.2, 0) is 16.6 Å². The van der Waals surface area contributed by atoms with E-state index in [1.165, 1.54) is 4.31 Å². The van der Waals surface area contributed by atoms with Crippen LogP contribution in [0.4, 0.5) is 5.69 Å². The monoisotopic (exact) mass is 240 g/mol. The average molecular weight is 240 g/mol. The molecule has 0 saturated carbocycles. The second kappa shape index (κ2) is 4.43. The van der Waals surface area contributed by atoms with Crippen molar-refractivity contribution in [1.29, 1.82) is 0 Å². The number of nitrogens with one attached hydrogen (secondary N) is 1. The van der Waals surface area contributed by atoms with Gasteiger partial charge in [-0.15, -0.1) is 0 Å². The Hall–Kier alpha value is -1.07. The summed E-state index contributed by atoms with van der Waals surface area (Å²) in [6, 6.07) is 7.65. The fourth-order valence-corrected chi connectivity index (χ4v) is 3.29. The summed E-state index contributed by atoms with van der Waals surface area (Å²) in [7, 11) is -3.33. The maximum Gasteiger partial charge on any atom is 0.301 e. The first-order chi connectivity index (χ1) is 7.65. The first-order valence-electron chi connectivity index (χ1n) is 5.50. The predicted molar refractivity (Wildman–Crippen MR) is 64.7 cm³/mol. The summed E-state index contributed by atoms with van der Waals surface area (Å²) in [6.45, 7) is 3.13. The fourth-order valence-electron chi connectivity index (χ4n) is 1.92. The van der Waals surface area contributed by atoms with E-state index in [2.05, 4.69) is 4.72 Å². The standard InChI is InChI=1S/C11H16N2O2S/c1-2-10-6-3-4-7-11(10)13-9-5-8-12-16(13,14)15/h3-4,6-7,12H,2,5,8-9H2,1H3. The Kier molecular flexibility index (Phi) is 3.16. The molecule has 1 fully saturated rings. The predicted octanol–water partition coefficient (Wildman–Crippen LogP) is 1.29. The van der Waals surface area contributed by atoms with Crippen molar-refractivity contribution < 1.29 is 8.42 Å². The lowest BCUT2D eigenvalue weighted by molar-refractivity contribution is 0.560. The molecule has 1 aromatic carbocycles. The third-order valence-electron chi connectivity index (χ3n) is 2.75. The third kappa shape index (κ3) is 2.05. The lowest BCUT2D eigenvalue weighted by Crippen LogP contribution is -2.47. The lowest BCUT2D eigenvalue weighted by Gasteiger charge is -2.30. The van der Waals surface area contributed by atoms with Crippen molar-refractivity contribution in [1.82, 2.24) is 4.72 Å². The maximum atomic E-state index is 11.9. The molecule has 0 amide bonds. The zero-order valence-electron chi connectivity index (χ0n) is 9.31. The number of nitrogens with zero attached hydrogens (tertiary/aromatic N) is 1. The summed E-state index contributed by atoms with van der Waals surface area (Å²) in [5.41, 5.74) is 1.87. The molecule has 1 saturated heterocycles. The molecule has 0 atom stereocenters. The van der Waals surface area contributed by atoms with Gasteiger partial charge in [0.25, 0.3) is 0 Å². The molecule has 16 heavy (non-hydrogen) atoms. The molecular weight excluding hydrogens is 224 g/mol. The van der Waals surface area contributed by atoms with Crippen molar-refractivity contribution in [2.24, 2.45) is 0 Å². The first-order valence-corrected chi connectivity index (χ1v) is 6.94. The van der Waals surface area contributed by atoms with Crippen molar-refractivity contribution in [2.75, 3.05) is 17.4 Å². The summed E-state index contributed by atoms with van der Waals surface area (Å²) in [6.07, 6.45) is 1.68. The number of anilines is 1. The largest absolute Gasteiger partial charge is 0.301 e. The fraction of sp³-hybridized carbons (Fsp3) is 0.455. The normalized spacial score (nSPS) is 19.7. The molecule has 1 heterocycles. The smallest absolute Gasteiger partial charge is 0.258 e. The minimum atomic E-state index is -3.33. The maximum absolute atomic E-state index is 11.9. The van der Waals surface area contributed by atoms with E-state index < -0.39 is 10.2 Å². The van der Waals surface area contributed by atoms with E-state index in [0.717, 1.165) is 24.1 Å². The van der Waals surface area contributed by atoms with E-state index in [0.29, 0.717) is 13.1 Å². The van der Waals surface area contributed by atoms with Gasteiger partial charge in [-0.3, -0.25) is 4.31 Å². The van der Waals surface area contributed by atoms with Gasteiger partial charge in [-0.05, 0) is 24.5 Å². The lowest BCUT2D eigenvalue weighted by atomic mass is 10.1. The van der Waals surface area contributed by atoms with Crippen LogP contribution in [-0.4, -0.2) is 21.5 Å². The van der Waals surface area contributed by atoms with Crippen LogP contribution < -0.4 is 9.03 Å². The van der Waals surface area contributed by atoms with Crippen molar-refractivity contribution in [2.45, 2.75) is 19.8 Å². The van der Waals surface area contributed by atoms with Crippen molar-refractivity contribution in [3.63, 3.8) is 0 Å². The van der Waals surface area contributed by atoms with Crippen LogP contribution in [0, 0.1) is 0 Å². The molecule has 1 aromatic rings. The molecule has 2 rings (SSSR count). The van der Waals surface area contributed by atoms with E-state index in [1.54, 1.807) is 0 Å². The van der Waals surface area contributed by atoms with E-state index in [9.17, 15) is 8.42 Å². The molecule has 1 aliphatic heterocycles. The van der Waals surface area contributed by atoms with Crippen molar-refractivity contribution in [3.05, 3.63) is 29.8 Å². The van der Waals surface area contributed by atoms with Crippen molar-refractivity contribution in [3.8, 4) is 0 Å². The Morgan fingerprint density at radius 2 is 2.12 bits per heavy atom. The molecule has 5 heteroatoms. The highest BCUT2D eigenvalue weighted by atomic mass is 32.2. The zero-order chi connectivity index (χ0) is 11.6. The topological polar surface area (TPSA) is 49.4 Å². The second-order valence-corrected chi connectivity index (χ2v) is 5.49. The van der Waals surface area contributed by atoms with Crippen LogP contribution in [0.3, 0.4) is 0 Å². The van der Waals surface area contributed by atoms with Gasteiger partial charge < -0.3 is 0 Å². The zero-order valence-corrected chi connectivity index (χ0v) is 10.1. The first kappa shape index (κ1) is 11.4. The van der Waals surface area contributed by atoms with Crippen LogP contribution in [0.25, 0.3) is 0 Å². The van der Waals surface area contributed by atoms with Crippen LogP contribution in [0.1, 0.15) is 18.9 Å². The Morgan fingerprint density at radius 1 is 1.38 bits per heavy atom. The molecule has 0 bridgehead atoms. The summed E-state index contributed by atoms with van der Waals surface area (Å²) < 4.78 is 27.8. The van der Waals surface area contributed by atoms with Gasteiger partial charge in [-0.25, -0.2) is 0 Å². The summed E-state index contributed by atoms with van der Waals surface area (Å²) in [4.78, 5) is 0. The Balaban J connectivity index is 2.42. The third-order valence-corrected chi connectivity index (χ3v) is 4.28. The molecule has 0 aromatic heterocycles. The highest BCUT2D eigenvalue weighted by Crippen LogP contribution is 2.24. The summed E-state index contributed by atoms with van der Waals surface area (Å²) in [5, 5.41) is 0. The summed E-state index contributed by atoms with van der Waals surface area (Å²) in [5.74, 6) is 0. The second-order valence-electron chi connectivity index (χ2n) is 3.81. The van der Waals surface area contributed by atoms with Gasteiger partial charge in [0.1, 0.15) is 0 Å². The van der Waals surface area contributed by atoms with E-state index >= 15 is 0 Å². The van der Waals surface area contributed by atoms with Gasteiger partial charge in [0.2, 0.25) is 0 Å². The van der Waals surface area contributed by atoms with Gasteiger partial charge in [0.05, 0.1) is 5.69 Å². The number of para-hydroxylation sites is 1. The van der Waals surface area contributed by atoms with Gasteiger partial charge >= 0.3 is 10.2 Å². The Bertz CT molecular complexity index is 471. The van der Waals surface area contributed by atoms with Gasteiger partial charge in [-0.2, -0.15) is 13.1 Å². The highest BCUT2D eigenvalue weighted by Gasteiger charge is 2.26. The van der Waals surface area contributed by atoms with E-state index in [1.807, 2.05) is 31.2 Å². The minimum Gasteiger partial charge on any atom is -0.258 e. The summed E-state index contributed by atoms with van der Waals surface area (Å²) >= 11 is 0. The van der Waals surface area contributed by atoms with Crippen LogP contribution >= 0.6 is 0 Å². The molecule has 1 aliphatic rings. The molecular formula is C11H16N2O2S. The highest BCUT2D eigenvalue weighted by molar-refractivity contribution is 7.90. The number of aryl methyl sites for hydroxylation is 1. The quantitative estimate of drug-likeness (QED) is 0.847. The molecule has 0 radical (unpaired) electrons. The number of benzene rings is 1. The molecule has 1 N–H and O–H groups in total. The van der Waals surface area contributed by atoms with Gasteiger partial charge in [-0.1, -0.05) is 25.1 Å². The molecule has 0 spiro atoms. The number of hydrogen-bond acceptors (Lipinski definition) is 2. The SMILES string of the molecule is CCc1ccccc1N1CCCNS1(=O)=O. The van der Waals surface area contributed by atoms with Crippen LogP contribution in [0.5, 0.6) is 0 Å². The van der Waals surface area contributed by atoms with Crippen molar-refractivity contribution >= 4 is 15.9 Å². The molecule has 0 unspecified atom stereocenters. The van der Waals surface area contributed by atoms with Gasteiger partial charge in [0.15, 0.2) is 0 Å². The van der Waals surface area contributed by atoms with E-state index in [-0.39, 0.29) is 0 Å². The molecule has 88 valence electrons. The van der Waals surface area contributed by atoms with Gasteiger partial charge in [0, 0.05) is 13.1 Å². The van der Waals surface area contributed by atoms with Crippen LogP contribution in [0.15, 0.2) is 24.3 Å². The van der Waals surface area contributed by atoms with E-state index in [4.69, 9.17) is 0 Å². The number of rotatable bonds is 2.